The van der Waals surface area contributed by atoms with E-state index in [9.17, 15) is 4.79 Å². The molecule has 0 bridgehead atoms. The molecule has 2 aromatic carbocycles. The van der Waals surface area contributed by atoms with Crippen molar-refractivity contribution >= 4 is 32.7 Å². The molecule has 0 spiro atoms. The Morgan fingerprint density at radius 2 is 1.86 bits per heavy atom. The number of fused-ring (bicyclic) bond motifs is 1. The number of carboxylic acid groups (broad SMARTS) is 1. The van der Waals surface area contributed by atoms with Crippen molar-refractivity contribution in [3.8, 4) is 5.75 Å². The molecule has 0 saturated carbocycles. The fourth-order valence-corrected chi connectivity index (χ4v) is 2.39. The molecule has 1 N–H and O–H groups in total. The van der Waals surface area contributed by atoms with Crippen LogP contribution >= 0.6 is 15.9 Å². The molecule has 3 aromatic rings. The lowest BCUT2D eigenvalue weighted by Gasteiger charge is -2.06. The van der Waals surface area contributed by atoms with Crippen molar-refractivity contribution in [1.29, 1.82) is 0 Å². The number of halogens is 1. The number of hydrogen-bond donors (Lipinski definition) is 1. The predicted molar refractivity (Wildman–Crippen MR) is 81.6 cm³/mol. The van der Waals surface area contributed by atoms with Gasteiger partial charge >= 0.3 is 5.97 Å². The van der Waals surface area contributed by atoms with Crippen molar-refractivity contribution in [1.82, 2.24) is 0 Å². The van der Waals surface area contributed by atoms with Gasteiger partial charge in [-0.3, -0.25) is 0 Å². The Morgan fingerprint density at radius 3 is 2.62 bits per heavy atom. The van der Waals surface area contributed by atoms with Gasteiger partial charge in [-0.1, -0.05) is 28.1 Å². The lowest BCUT2D eigenvalue weighted by atomic mass is 10.1. The van der Waals surface area contributed by atoms with Gasteiger partial charge in [-0.15, -0.1) is 0 Å². The highest BCUT2D eigenvalue weighted by Crippen LogP contribution is 2.24. The van der Waals surface area contributed by atoms with Crippen molar-refractivity contribution in [2.75, 3.05) is 0 Å². The summed E-state index contributed by atoms with van der Waals surface area (Å²) in [5.41, 5.74) is 0. The quantitative estimate of drug-likeness (QED) is 0.756. The van der Waals surface area contributed by atoms with Crippen molar-refractivity contribution in [2.45, 2.75) is 6.61 Å². The summed E-state index contributed by atoms with van der Waals surface area (Å²) in [6, 6.07) is 14.8. The zero-order chi connectivity index (χ0) is 14.8. The van der Waals surface area contributed by atoms with E-state index in [-0.39, 0.29) is 12.4 Å². The van der Waals surface area contributed by atoms with Crippen LogP contribution in [-0.4, -0.2) is 11.1 Å². The second-order valence-electron chi connectivity index (χ2n) is 4.51. The van der Waals surface area contributed by atoms with Crippen LogP contribution in [0.1, 0.15) is 16.3 Å². The molecule has 0 aliphatic carbocycles. The van der Waals surface area contributed by atoms with E-state index in [1.807, 2.05) is 36.4 Å². The molecule has 0 fully saturated rings. The monoisotopic (exact) mass is 346 g/mol. The average Bonchev–Trinajstić information content (AvgIpc) is 2.94. The Labute approximate surface area is 129 Å². The summed E-state index contributed by atoms with van der Waals surface area (Å²) in [6.07, 6.45) is 0. The Bertz CT molecular complexity index is 807. The minimum Gasteiger partial charge on any atom is -0.486 e. The Hall–Kier alpha value is -2.27. The van der Waals surface area contributed by atoms with Crippen LogP contribution in [0.25, 0.3) is 10.8 Å². The van der Waals surface area contributed by atoms with E-state index in [0.717, 1.165) is 15.2 Å². The third-order valence-electron chi connectivity index (χ3n) is 3.03. The first kappa shape index (κ1) is 13.7. The van der Waals surface area contributed by atoms with E-state index < -0.39 is 5.97 Å². The molecule has 5 heteroatoms. The SMILES string of the molecule is O=C(O)c1ccc(COc2ccc3cc(Br)ccc3c2)o1. The van der Waals surface area contributed by atoms with Crippen LogP contribution in [0.4, 0.5) is 0 Å². The molecule has 0 radical (unpaired) electrons. The first-order chi connectivity index (χ1) is 10.1. The summed E-state index contributed by atoms with van der Waals surface area (Å²) in [6.45, 7) is 0.190. The second kappa shape index (κ2) is 5.61. The second-order valence-corrected chi connectivity index (χ2v) is 5.43. The topological polar surface area (TPSA) is 59.7 Å². The van der Waals surface area contributed by atoms with Crippen LogP contribution in [0.15, 0.2) is 57.4 Å². The van der Waals surface area contributed by atoms with E-state index in [0.29, 0.717) is 11.5 Å². The van der Waals surface area contributed by atoms with Crippen LogP contribution in [0, 0.1) is 0 Å². The summed E-state index contributed by atoms with van der Waals surface area (Å²) in [4.78, 5) is 10.7. The van der Waals surface area contributed by atoms with Crippen molar-refractivity contribution in [3.63, 3.8) is 0 Å². The molecule has 0 saturated heterocycles. The van der Waals surface area contributed by atoms with Gasteiger partial charge in [-0.25, -0.2) is 4.79 Å². The summed E-state index contributed by atoms with van der Waals surface area (Å²) < 4.78 is 11.8. The first-order valence-electron chi connectivity index (χ1n) is 6.26. The summed E-state index contributed by atoms with van der Waals surface area (Å²) >= 11 is 3.43. The highest BCUT2D eigenvalue weighted by atomic mass is 79.9. The molecule has 0 unspecified atom stereocenters. The van der Waals surface area contributed by atoms with E-state index in [1.54, 1.807) is 6.07 Å². The number of ether oxygens (including phenoxy) is 1. The van der Waals surface area contributed by atoms with Crippen molar-refractivity contribution in [2.24, 2.45) is 0 Å². The minimum atomic E-state index is -1.09. The summed E-state index contributed by atoms with van der Waals surface area (Å²) in [5.74, 6) is 0.0101. The third kappa shape index (κ3) is 3.08. The van der Waals surface area contributed by atoms with Crippen LogP contribution in [0.3, 0.4) is 0 Å². The maximum Gasteiger partial charge on any atom is 0.371 e. The van der Waals surface area contributed by atoms with Crippen LogP contribution < -0.4 is 4.74 Å². The minimum absolute atomic E-state index is 0.0861. The van der Waals surface area contributed by atoms with Gasteiger partial charge in [0, 0.05) is 4.47 Å². The summed E-state index contributed by atoms with van der Waals surface area (Å²) in [5, 5.41) is 11.0. The molecule has 0 atom stereocenters. The molecule has 0 aliphatic rings. The van der Waals surface area contributed by atoms with Gasteiger partial charge in [0.05, 0.1) is 0 Å². The molecule has 3 rings (SSSR count). The maximum absolute atomic E-state index is 10.7. The van der Waals surface area contributed by atoms with E-state index in [2.05, 4.69) is 15.9 Å². The highest BCUT2D eigenvalue weighted by Gasteiger charge is 2.09. The van der Waals surface area contributed by atoms with Gasteiger partial charge in [0.1, 0.15) is 18.1 Å². The molecular weight excluding hydrogens is 336 g/mol. The number of furan rings is 1. The van der Waals surface area contributed by atoms with E-state index >= 15 is 0 Å². The molecule has 0 amide bonds. The zero-order valence-electron chi connectivity index (χ0n) is 10.9. The fourth-order valence-electron chi connectivity index (χ4n) is 2.01. The van der Waals surface area contributed by atoms with Crippen molar-refractivity contribution < 1.29 is 19.1 Å². The van der Waals surface area contributed by atoms with Crippen LogP contribution in [0.5, 0.6) is 5.75 Å². The lowest BCUT2D eigenvalue weighted by molar-refractivity contribution is 0.0658. The Morgan fingerprint density at radius 1 is 1.10 bits per heavy atom. The molecule has 106 valence electrons. The normalized spacial score (nSPS) is 10.7. The largest absolute Gasteiger partial charge is 0.486 e. The standard InChI is InChI=1S/C16H11BrO4/c17-12-3-1-11-8-13(4-2-10(11)7-12)20-9-14-5-6-15(21-14)16(18)19/h1-8H,9H2,(H,18,19). The number of hydrogen-bond acceptors (Lipinski definition) is 3. The van der Waals surface area contributed by atoms with Crippen LogP contribution in [-0.2, 0) is 6.61 Å². The number of aromatic carboxylic acids is 1. The molecule has 21 heavy (non-hydrogen) atoms. The van der Waals surface area contributed by atoms with Gasteiger partial charge in [-0.05, 0) is 47.2 Å². The third-order valence-corrected chi connectivity index (χ3v) is 3.52. The first-order valence-corrected chi connectivity index (χ1v) is 7.05. The number of carboxylic acids is 1. The van der Waals surface area contributed by atoms with Gasteiger partial charge < -0.3 is 14.3 Å². The molecule has 1 heterocycles. The number of carbonyl (C=O) groups is 1. The average molecular weight is 347 g/mol. The number of benzene rings is 2. The summed E-state index contributed by atoms with van der Waals surface area (Å²) in [7, 11) is 0. The Balaban J connectivity index is 1.75. The lowest BCUT2D eigenvalue weighted by Crippen LogP contribution is -1.95. The maximum atomic E-state index is 10.7. The predicted octanol–water partition coefficient (Wildman–Crippen LogP) is 4.47. The zero-order valence-corrected chi connectivity index (χ0v) is 12.5. The van der Waals surface area contributed by atoms with Crippen LogP contribution in [0.2, 0.25) is 0 Å². The molecular formula is C16H11BrO4. The van der Waals surface area contributed by atoms with Crippen molar-refractivity contribution in [3.05, 3.63) is 64.5 Å². The van der Waals surface area contributed by atoms with Gasteiger partial charge in [0.15, 0.2) is 0 Å². The molecule has 4 nitrogen and oxygen atoms in total. The Kier molecular flexibility index (Phi) is 3.66. The van der Waals surface area contributed by atoms with Gasteiger partial charge in [-0.2, -0.15) is 0 Å². The smallest absolute Gasteiger partial charge is 0.371 e. The van der Waals surface area contributed by atoms with E-state index in [4.69, 9.17) is 14.3 Å². The van der Waals surface area contributed by atoms with Gasteiger partial charge in [0.25, 0.3) is 0 Å². The molecule has 0 aliphatic heterocycles. The van der Waals surface area contributed by atoms with Gasteiger partial charge in [0.2, 0.25) is 5.76 Å². The molecule has 1 aromatic heterocycles. The number of rotatable bonds is 4. The highest BCUT2D eigenvalue weighted by molar-refractivity contribution is 9.10. The van der Waals surface area contributed by atoms with E-state index in [1.165, 1.54) is 6.07 Å². The fraction of sp³-hybridized carbons (Fsp3) is 0.0625.